The van der Waals surface area contributed by atoms with E-state index in [-0.39, 0.29) is 17.0 Å². The number of rotatable bonds is 12. The van der Waals surface area contributed by atoms with Gasteiger partial charge in [0.1, 0.15) is 5.75 Å². The van der Waals surface area contributed by atoms with E-state index in [1.807, 2.05) is 32.3 Å². The number of carbonyl (C=O) groups excluding carboxylic acids is 1. The lowest BCUT2D eigenvalue weighted by Gasteiger charge is -2.23. The summed E-state index contributed by atoms with van der Waals surface area (Å²) in [7, 11) is -0.309. The number of halogens is 3. The largest absolute Gasteiger partial charge is 0.494 e. The third-order valence-electron chi connectivity index (χ3n) is 6.28. The number of carbonyl (C=O) groups is 1. The first-order valence-corrected chi connectivity index (χ1v) is 14.6. The first-order chi connectivity index (χ1) is 19.6. The molecule has 0 heterocycles. The first kappa shape index (κ1) is 32.6. The number of alkyl halides is 3. The van der Waals surface area contributed by atoms with Gasteiger partial charge >= 0.3 is 6.18 Å². The highest BCUT2D eigenvalue weighted by Crippen LogP contribution is 2.34. The Balaban J connectivity index is 1.77. The van der Waals surface area contributed by atoms with E-state index in [0.29, 0.717) is 24.0 Å². The summed E-state index contributed by atoms with van der Waals surface area (Å²) in [6.45, 7) is 2.35. The minimum Gasteiger partial charge on any atom is -0.494 e. The van der Waals surface area contributed by atoms with Crippen molar-refractivity contribution in [1.82, 2.24) is 4.90 Å². The van der Waals surface area contributed by atoms with Gasteiger partial charge in [0.2, 0.25) is 0 Å². The second kappa shape index (κ2) is 13.4. The molecule has 0 aliphatic heterocycles. The van der Waals surface area contributed by atoms with E-state index < -0.39 is 44.4 Å². The summed E-state index contributed by atoms with van der Waals surface area (Å²) in [5.41, 5.74) is -3.56. The van der Waals surface area contributed by atoms with Gasteiger partial charge in [-0.25, -0.2) is 8.42 Å². The lowest BCUT2D eigenvalue weighted by molar-refractivity contribution is -0.137. The lowest BCUT2D eigenvalue weighted by atomic mass is 10.0. The molecule has 42 heavy (non-hydrogen) atoms. The maximum Gasteiger partial charge on any atom is 0.417 e. The van der Waals surface area contributed by atoms with Crippen molar-refractivity contribution in [3.63, 3.8) is 0 Å². The molecule has 12 heteroatoms. The standard InChI is InChI=1S/C30H32F3N3O5S/c1-29(38,28(37)35-24-13-12-23(19-34)26(18-24)30(31,32)33)20-42(39,40)27-11-5-4-9-22(27)16-21-8-6-10-25(17-21)41-15-7-14-36(2)3/h4-6,8-13,17-18,38H,7,14-16,20H2,1-3H3,(H,35,37). The van der Waals surface area contributed by atoms with Crippen LogP contribution in [0.5, 0.6) is 5.75 Å². The van der Waals surface area contributed by atoms with Crippen molar-refractivity contribution in [2.45, 2.75) is 36.4 Å². The maximum atomic E-state index is 13.4. The molecule has 0 saturated carbocycles. The van der Waals surface area contributed by atoms with Crippen molar-refractivity contribution in [3.8, 4) is 11.8 Å². The molecule has 0 aliphatic rings. The molecule has 3 rings (SSSR count). The van der Waals surface area contributed by atoms with Gasteiger partial charge in [-0.3, -0.25) is 4.79 Å². The van der Waals surface area contributed by atoms with Crippen molar-refractivity contribution in [3.05, 3.63) is 89.0 Å². The van der Waals surface area contributed by atoms with Crippen LogP contribution < -0.4 is 10.1 Å². The highest BCUT2D eigenvalue weighted by molar-refractivity contribution is 7.91. The highest BCUT2D eigenvalue weighted by Gasteiger charge is 2.38. The van der Waals surface area contributed by atoms with E-state index >= 15 is 0 Å². The van der Waals surface area contributed by atoms with E-state index in [0.717, 1.165) is 37.6 Å². The van der Waals surface area contributed by atoms with Crippen molar-refractivity contribution >= 4 is 21.4 Å². The minimum atomic E-state index is -4.86. The van der Waals surface area contributed by atoms with Crippen LogP contribution in [0.1, 0.15) is 35.6 Å². The van der Waals surface area contributed by atoms with Gasteiger partial charge in [0.25, 0.3) is 5.91 Å². The van der Waals surface area contributed by atoms with Gasteiger partial charge in [-0.2, -0.15) is 18.4 Å². The van der Waals surface area contributed by atoms with Crippen LogP contribution >= 0.6 is 0 Å². The van der Waals surface area contributed by atoms with Crippen LogP contribution in [0.3, 0.4) is 0 Å². The van der Waals surface area contributed by atoms with Gasteiger partial charge in [0, 0.05) is 12.2 Å². The normalized spacial score (nSPS) is 13.3. The molecule has 0 fully saturated rings. The van der Waals surface area contributed by atoms with E-state index in [2.05, 4.69) is 10.2 Å². The van der Waals surface area contributed by atoms with Gasteiger partial charge < -0.3 is 20.1 Å². The number of anilines is 1. The molecule has 0 aromatic heterocycles. The molecule has 0 aliphatic carbocycles. The Morgan fingerprint density at radius 1 is 1.07 bits per heavy atom. The summed E-state index contributed by atoms with van der Waals surface area (Å²) in [4.78, 5) is 14.8. The number of nitrogens with one attached hydrogen (secondary N) is 1. The summed E-state index contributed by atoms with van der Waals surface area (Å²) in [6, 6.07) is 17.4. The topological polar surface area (TPSA) is 120 Å². The van der Waals surface area contributed by atoms with Crippen molar-refractivity contribution in [2.75, 3.05) is 38.3 Å². The zero-order valence-corrected chi connectivity index (χ0v) is 24.2. The summed E-state index contributed by atoms with van der Waals surface area (Å²) in [6.07, 6.45) is -3.80. The molecule has 3 aromatic rings. The summed E-state index contributed by atoms with van der Waals surface area (Å²) in [5.74, 6) is -1.61. The molecule has 0 radical (unpaired) electrons. The number of hydrogen-bond donors (Lipinski definition) is 2. The van der Waals surface area contributed by atoms with Gasteiger partial charge in [-0.1, -0.05) is 30.3 Å². The van der Waals surface area contributed by atoms with Gasteiger partial charge in [-0.05, 0) is 81.4 Å². The van der Waals surface area contributed by atoms with Crippen LogP contribution in [0.2, 0.25) is 0 Å². The van der Waals surface area contributed by atoms with Gasteiger partial charge in [-0.15, -0.1) is 0 Å². The number of benzene rings is 3. The molecule has 8 nitrogen and oxygen atoms in total. The molecule has 0 spiro atoms. The lowest BCUT2D eigenvalue weighted by Crippen LogP contribution is -2.46. The molecule has 224 valence electrons. The zero-order valence-electron chi connectivity index (χ0n) is 23.4. The number of nitrogens with zero attached hydrogens (tertiary/aromatic N) is 2. The van der Waals surface area contributed by atoms with Crippen molar-refractivity contribution in [2.24, 2.45) is 0 Å². The highest BCUT2D eigenvalue weighted by atomic mass is 32.2. The SMILES string of the molecule is CN(C)CCCOc1cccc(Cc2ccccc2S(=O)(=O)CC(C)(O)C(=O)Nc2ccc(C#N)c(C(F)(F)F)c2)c1. The molecule has 1 amide bonds. The summed E-state index contributed by atoms with van der Waals surface area (Å²) >= 11 is 0. The van der Waals surface area contributed by atoms with Crippen LogP contribution in [-0.4, -0.2) is 62.9 Å². The average Bonchev–Trinajstić information content (AvgIpc) is 2.90. The summed E-state index contributed by atoms with van der Waals surface area (Å²) < 4.78 is 72.6. The Bertz CT molecular complexity index is 1560. The Morgan fingerprint density at radius 3 is 2.45 bits per heavy atom. The number of aliphatic hydroxyl groups is 1. The zero-order chi connectivity index (χ0) is 31.1. The number of amides is 1. The van der Waals surface area contributed by atoms with Crippen LogP contribution in [0, 0.1) is 11.3 Å². The third kappa shape index (κ3) is 8.79. The monoisotopic (exact) mass is 603 g/mol. The van der Waals surface area contributed by atoms with Crippen LogP contribution in [0.25, 0.3) is 0 Å². The van der Waals surface area contributed by atoms with E-state index in [1.54, 1.807) is 18.2 Å². The smallest absolute Gasteiger partial charge is 0.417 e. The quantitative estimate of drug-likeness (QED) is 0.289. The fraction of sp³-hybridized carbons (Fsp3) is 0.333. The van der Waals surface area contributed by atoms with Crippen LogP contribution in [0.15, 0.2) is 71.6 Å². The Labute approximate surface area is 243 Å². The Kier molecular flexibility index (Phi) is 10.4. The molecule has 1 unspecified atom stereocenters. The third-order valence-corrected chi connectivity index (χ3v) is 8.29. The van der Waals surface area contributed by atoms with E-state index in [9.17, 15) is 31.5 Å². The fourth-order valence-corrected chi connectivity index (χ4v) is 6.07. The predicted molar refractivity (Wildman–Crippen MR) is 152 cm³/mol. The molecule has 2 N–H and O–H groups in total. The molecular formula is C30H32F3N3O5S. The molecule has 0 bridgehead atoms. The van der Waals surface area contributed by atoms with Crippen molar-refractivity contribution < 1.29 is 36.2 Å². The minimum absolute atomic E-state index is 0.0897. The van der Waals surface area contributed by atoms with Crippen LogP contribution in [-0.2, 0) is 27.2 Å². The van der Waals surface area contributed by atoms with E-state index in [1.165, 1.54) is 18.2 Å². The molecule has 3 aromatic carbocycles. The Hall–Kier alpha value is -3.92. The number of hydrogen-bond acceptors (Lipinski definition) is 7. The predicted octanol–water partition coefficient (Wildman–Crippen LogP) is 4.66. The first-order valence-electron chi connectivity index (χ1n) is 12.9. The number of nitriles is 1. The van der Waals surface area contributed by atoms with Gasteiger partial charge in [0.15, 0.2) is 15.4 Å². The average molecular weight is 604 g/mol. The van der Waals surface area contributed by atoms with E-state index in [4.69, 9.17) is 10.00 Å². The maximum absolute atomic E-state index is 13.4. The molecule has 0 saturated heterocycles. The molecular weight excluding hydrogens is 571 g/mol. The van der Waals surface area contributed by atoms with Crippen LogP contribution in [0.4, 0.5) is 18.9 Å². The second-order valence-electron chi connectivity index (χ2n) is 10.3. The van der Waals surface area contributed by atoms with Crippen molar-refractivity contribution in [1.29, 1.82) is 5.26 Å². The second-order valence-corrected chi connectivity index (χ2v) is 12.3. The van der Waals surface area contributed by atoms with Gasteiger partial charge in [0.05, 0.1) is 34.5 Å². The molecule has 1 atom stereocenters. The Morgan fingerprint density at radius 2 is 1.79 bits per heavy atom. The number of ether oxygens (including phenoxy) is 1. The summed E-state index contributed by atoms with van der Waals surface area (Å²) in [5, 5.41) is 21.9. The fourth-order valence-electron chi connectivity index (χ4n) is 4.22. The number of sulfone groups is 1.